The molecule has 1 spiro atoms. The molecule has 7 nitrogen and oxygen atoms in total. The zero-order valence-electron chi connectivity index (χ0n) is 16.2. The van der Waals surface area contributed by atoms with Crippen LogP contribution in [0.4, 0.5) is 4.79 Å². The van der Waals surface area contributed by atoms with Gasteiger partial charge in [-0.05, 0) is 32.9 Å². The number of ketones is 1. The number of urea groups is 1. The molecule has 1 fully saturated rings. The van der Waals surface area contributed by atoms with E-state index in [1.54, 1.807) is 12.1 Å². The molecule has 0 bridgehead atoms. The lowest BCUT2D eigenvalue weighted by Gasteiger charge is -2.33. The summed E-state index contributed by atoms with van der Waals surface area (Å²) in [6.07, 6.45) is 0.337. The van der Waals surface area contributed by atoms with Gasteiger partial charge in [0, 0.05) is 35.5 Å². The minimum absolute atomic E-state index is 0.242. The molecule has 1 aromatic heterocycles. The van der Waals surface area contributed by atoms with Crippen molar-refractivity contribution in [3.63, 3.8) is 0 Å². The van der Waals surface area contributed by atoms with Crippen molar-refractivity contribution in [3.05, 3.63) is 52.8 Å². The maximum atomic E-state index is 13.3. The van der Waals surface area contributed by atoms with E-state index in [-0.39, 0.29) is 12.3 Å². The van der Waals surface area contributed by atoms with Crippen molar-refractivity contribution in [1.29, 1.82) is 0 Å². The van der Waals surface area contributed by atoms with Crippen molar-refractivity contribution in [2.75, 3.05) is 13.2 Å². The van der Waals surface area contributed by atoms with Gasteiger partial charge in [0.15, 0.2) is 11.3 Å². The molecule has 3 heterocycles. The van der Waals surface area contributed by atoms with E-state index >= 15 is 0 Å². The van der Waals surface area contributed by atoms with E-state index in [1.165, 1.54) is 0 Å². The monoisotopic (exact) mass is 381 g/mol. The van der Waals surface area contributed by atoms with Crippen molar-refractivity contribution in [2.45, 2.75) is 39.3 Å². The van der Waals surface area contributed by atoms with Crippen LogP contribution in [0.1, 0.15) is 40.7 Å². The summed E-state index contributed by atoms with van der Waals surface area (Å²) in [5, 5.41) is 2.82. The Bertz CT molecular complexity index is 994. The summed E-state index contributed by atoms with van der Waals surface area (Å²) >= 11 is 0. The highest BCUT2D eigenvalue weighted by Crippen LogP contribution is 2.41. The Labute approximate surface area is 163 Å². The van der Waals surface area contributed by atoms with Gasteiger partial charge in [-0.1, -0.05) is 18.2 Å². The Morgan fingerprint density at radius 2 is 2.00 bits per heavy atom. The quantitative estimate of drug-likeness (QED) is 0.652. The average molecular weight is 381 g/mol. The van der Waals surface area contributed by atoms with Crippen LogP contribution in [-0.2, 0) is 16.9 Å². The zero-order chi connectivity index (χ0) is 20.1. The highest BCUT2D eigenvalue weighted by Gasteiger charge is 2.55. The molecule has 28 heavy (non-hydrogen) atoms. The molecule has 0 radical (unpaired) electrons. The number of hydrogen-bond acceptors (Lipinski definition) is 4. The van der Waals surface area contributed by atoms with Crippen LogP contribution in [0.3, 0.4) is 0 Å². The minimum atomic E-state index is -1.16. The predicted octanol–water partition coefficient (Wildman–Crippen LogP) is 2.54. The lowest BCUT2D eigenvalue weighted by molar-refractivity contribution is -0.132. The van der Waals surface area contributed by atoms with Gasteiger partial charge in [-0.3, -0.25) is 14.5 Å². The Morgan fingerprint density at radius 3 is 2.71 bits per heavy atom. The number of aryl methyl sites for hydroxylation is 1. The maximum Gasteiger partial charge on any atom is 0.325 e. The first-order valence-corrected chi connectivity index (χ1v) is 9.45. The van der Waals surface area contributed by atoms with Crippen molar-refractivity contribution < 1.29 is 19.1 Å². The Balaban J connectivity index is 1.64. The highest BCUT2D eigenvalue weighted by atomic mass is 16.5. The SMILES string of the molecule is CCn1c(C)cc(C(=O)CN2C(=O)NC3(CCOc4ccccc43)C2=O)c1C. The number of para-hydroxylation sites is 1. The van der Waals surface area contributed by atoms with E-state index in [2.05, 4.69) is 5.32 Å². The number of amides is 3. The molecule has 2 aliphatic heterocycles. The lowest BCUT2D eigenvalue weighted by atomic mass is 9.84. The first kappa shape index (κ1) is 18.3. The fourth-order valence-electron chi connectivity index (χ4n) is 4.31. The smallest absolute Gasteiger partial charge is 0.325 e. The van der Waals surface area contributed by atoms with Crippen molar-refractivity contribution in [2.24, 2.45) is 0 Å². The maximum absolute atomic E-state index is 13.3. The van der Waals surface area contributed by atoms with Gasteiger partial charge in [0.2, 0.25) is 0 Å². The first-order chi connectivity index (χ1) is 13.4. The summed E-state index contributed by atoms with van der Waals surface area (Å²) in [6.45, 7) is 6.64. The summed E-state index contributed by atoms with van der Waals surface area (Å²) in [4.78, 5) is 39.8. The molecule has 2 aliphatic rings. The number of nitrogens with zero attached hydrogens (tertiary/aromatic N) is 2. The molecular weight excluding hydrogens is 358 g/mol. The number of nitrogens with one attached hydrogen (secondary N) is 1. The van der Waals surface area contributed by atoms with E-state index in [0.717, 1.165) is 22.8 Å². The summed E-state index contributed by atoms with van der Waals surface area (Å²) < 4.78 is 7.67. The molecule has 4 rings (SSSR count). The van der Waals surface area contributed by atoms with Gasteiger partial charge in [0.25, 0.3) is 5.91 Å². The fourth-order valence-corrected chi connectivity index (χ4v) is 4.31. The highest BCUT2D eigenvalue weighted by molar-refractivity contribution is 6.12. The lowest BCUT2D eigenvalue weighted by Crippen LogP contribution is -2.47. The number of aromatic nitrogens is 1. The molecule has 1 aromatic carbocycles. The van der Waals surface area contributed by atoms with Crippen LogP contribution in [-0.4, -0.2) is 40.3 Å². The van der Waals surface area contributed by atoms with Crippen LogP contribution in [0.15, 0.2) is 30.3 Å². The molecule has 146 valence electrons. The van der Waals surface area contributed by atoms with Crippen LogP contribution >= 0.6 is 0 Å². The molecule has 1 atom stereocenters. The molecule has 2 aromatic rings. The molecule has 3 amide bonds. The van der Waals surface area contributed by atoms with Crippen LogP contribution in [0.2, 0.25) is 0 Å². The van der Waals surface area contributed by atoms with Gasteiger partial charge in [-0.15, -0.1) is 0 Å². The van der Waals surface area contributed by atoms with Gasteiger partial charge < -0.3 is 14.6 Å². The second kappa shape index (κ2) is 6.51. The van der Waals surface area contributed by atoms with Crippen LogP contribution in [0.5, 0.6) is 5.75 Å². The molecule has 1 unspecified atom stereocenters. The number of carbonyl (C=O) groups excluding carboxylic acids is 3. The Hall–Kier alpha value is -3.09. The summed E-state index contributed by atoms with van der Waals surface area (Å²) in [6, 6.07) is 8.47. The summed E-state index contributed by atoms with van der Waals surface area (Å²) in [5.41, 5.74) is 1.86. The molecule has 7 heteroatoms. The molecule has 1 saturated heterocycles. The second-order valence-corrected chi connectivity index (χ2v) is 7.27. The van der Waals surface area contributed by atoms with Gasteiger partial charge >= 0.3 is 6.03 Å². The summed E-state index contributed by atoms with van der Waals surface area (Å²) in [5.74, 6) is -0.0540. The van der Waals surface area contributed by atoms with Crippen molar-refractivity contribution >= 4 is 17.7 Å². The van der Waals surface area contributed by atoms with E-state index in [4.69, 9.17) is 4.74 Å². The predicted molar refractivity (Wildman–Crippen MR) is 102 cm³/mol. The third kappa shape index (κ3) is 2.53. The van der Waals surface area contributed by atoms with Gasteiger partial charge in [-0.25, -0.2) is 4.79 Å². The molecule has 0 saturated carbocycles. The third-order valence-corrected chi connectivity index (χ3v) is 5.75. The average Bonchev–Trinajstić information content (AvgIpc) is 3.10. The topological polar surface area (TPSA) is 80.6 Å². The molecule has 0 aliphatic carbocycles. The number of benzene rings is 1. The number of Topliss-reactive ketones (excluding diaryl/α,β-unsaturated/α-hetero) is 1. The van der Waals surface area contributed by atoms with Gasteiger partial charge in [0.05, 0.1) is 13.2 Å². The number of ether oxygens (including phenoxy) is 1. The number of imide groups is 1. The standard InChI is InChI=1S/C21H23N3O4/c1-4-23-13(2)11-15(14(23)3)17(25)12-24-19(26)21(22-20(24)27)9-10-28-18-8-6-5-7-16(18)21/h5-8,11H,4,9-10,12H2,1-3H3,(H,22,27). The van der Waals surface area contributed by atoms with Crippen molar-refractivity contribution in [1.82, 2.24) is 14.8 Å². The van der Waals surface area contributed by atoms with Crippen LogP contribution in [0.25, 0.3) is 0 Å². The Kier molecular flexibility index (Phi) is 4.25. The second-order valence-electron chi connectivity index (χ2n) is 7.27. The van der Waals surface area contributed by atoms with E-state index in [9.17, 15) is 14.4 Å². The number of hydrogen-bond donors (Lipinski definition) is 1. The van der Waals surface area contributed by atoms with E-state index in [0.29, 0.717) is 29.9 Å². The fraction of sp³-hybridized carbons (Fsp3) is 0.381. The van der Waals surface area contributed by atoms with E-state index < -0.39 is 17.5 Å². The number of fused-ring (bicyclic) bond motifs is 2. The van der Waals surface area contributed by atoms with E-state index in [1.807, 2.05) is 43.5 Å². The number of rotatable bonds is 4. The minimum Gasteiger partial charge on any atom is -0.493 e. The van der Waals surface area contributed by atoms with Crippen molar-refractivity contribution in [3.8, 4) is 5.75 Å². The zero-order valence-corrected chi connectivity index (χ0v) is 16.2. The Morgan fingerprint density at radius 1 is 1.25 bits per heavy atom. The number of carbonyl (C=O) groups is 3. The van der Waals surface area contributed by atoms with Gasteiger partial charge in [-0.2, -0.15) is 0 Å². The largest absolute Gasteiger partial charge is 0.493 e. The summed E-state index contributed by atoms with van der Waals surface area (Å²) in [7, 11) is 0. The molecular formula is C21H23N3O4. The van der Waals surface area contributed by atoms with Crippen LogP contribution < -0.4 is 10.1 Å². The normalized spacial score (nSPS) is 20.9. The molecule has 1 N–H and O–H groups in total. The van der Waals surface area contributed by atoms with Gasteiger partial charge in [0.1, 0.15) is 5.75 Å². The first-order valence-electron chi connectivity index (χ1n) is 9.45. The van der Waals surface area contributed by atoms with Crippen LogP contribution in [0, 0.1) is 13.8 Å². The third-order valence-electron chi connectivity index (χ3n) is 5.75.